The Hall–Kier alpha value is -2.43. The summed E-state index contributed by atoms with van der Waals surface area (Å²) in [4.78, 5) is 0. The molecule has 0 aliphatic heterocycles. The molecule has 6 nitrogen and oxygen atoms in total. The molecule has 0 aliphatic rings. The third-order valence-corrected chi connectivity index (χ3v) is 5.32. The van der Waals surface area contributed by atoms with Crippen LogP contribution in [0.4, 0.5) is 0 Å². The van der Waals surface area contributed by atoms with E-state index < -0.39 is 0 Å². The van der Waals surface area contributed by atoms with Gasteiger partial charge in [0.25, 0.3) is 0 Å². The molecule has 2 aromatic heterocycles. The molecule has 132 valence electrons. The number of aryl methyl sites for hydroxylation is 1. The van der Waals surface area contributed by atoms with E-state index in [1.165, 1.54) is 11.8 Å². The first-order chi connectivity index (χ1) is 12.6. The molecule has 0 aliphatic carbocycles. The van der Waals surface area contributed by atoms with Gasteiger partial charge in [-0.2, -0.15) is 10.4 Å². The Morgan fingerprint density at radius 2 is 1.81 bits per heavy atom. The molecule has 2 heterocycles. The lowest BCUT2D eigenvalue weighted by atomic mass is 10.1. The lowest BCUT2D eigenvalue weighted by Gasteiger charge is -2.09. The maximum atomic E-state index is 9.62. The minimum Gasteiger partial charge on any atom is -0.305 e. The molecule has 3 rings (SSSR count). The maximum Gasteiger partial charge on any atom is 0.197 e. The number of nitriles is 1. The quantitative estimate of drug-likeness (QED) is 0.659. The largest absolute Gasteiger partial charge is 0.305 e. The smallest absolute Gasteiger partial charge is 0.197 e. The number of rotatable bonds is 5. The molecular formula is C18H17ClN6S. The second-order valence-corrected chi connectivity index (χ2v) is 6.99. The number of nitrogens with zero attached hydrogens (tertiary/aromatic N) is 6. The van der Waals surface area contributed by atoms with Crippen LogP contribution in [0.25, 0.3) is 11.4 Å². The summed E-state index contributed by atoms with van der Waals surface area (Å²) < 4.78 is 1.87. The van der Waals surface area contributed by atoms with Crippen LogP contribution in [-0.4, -0.2) is 25.0 Å². The Balaban J connectivity index is 1.98. The Bertz CT molecular complexity index is 975. The molecule has 0 N–H and O–H groups in total. The maximum absolute atomic E-state index is 9.62. The van der Waals surface area contributed by atoms with Gasteiger partial charge in [-0.05, 0) is 54.4 Å². The van der Waals surface area contributed by atoms with Gasteiger partial charge in [0, 0.05) is 17.6 Å². The van der Waals surface area contributed by atoms with Crippen molar-refractivity contribution in [2.24, 2.45) is 7.05 Å². The van der Waals surface area contributed by atoms with E-state index in [9.17, 15) is 5.26 Å². The first kappa shape index (κ1) is 18.4. The van der Waals surface area contributed by atoms with E-state index in [2.05, 4.69) is 26.5 Å². The number of aromatic nitrogens is 5. The van der Waals surface area contributed by atoms with Crippen LogP contribution in [0.1, 0.15) is 30.7 Å². The zero-order valence-electron chi connectivity index (χ0n) is 14.7. The summed E-state index contributed by atoms with van der Waals surface area (Å²) in [6, 6.07) is 9.70. The minimum atomic E-state index is 0.555. The van der Waals surface area contributed by atoms with Crippen LogP contribution in [0.5, 0.6) is 0 Å². The highest BCUT2D eigenvalue weighted by atomic mass is 35.5. The summed E-state index contributed by atoms with van der Waals surface area (Å²) in [5.41, 5.74) is 3.31. The van der Waals surface area contributed by atoms with Gasteiger partial charge in [0.2, 0.25) is 0 Å². The fourth-order valence-electron chi connectivity index (χ4n) is 2.68. The van der Waals surface area contributed by atoms with E-state index in [0.29, 0.717) is 20.8 Å². The van der Waals surface area contributed by atoms with Gasteiger partial charge in [0.1, 0.15) is 11.1 Å². The molecule has 0 radical (unpaired) electrons. The van der Waals surface area contributed by atoms with Crippen molar-refractivity contribution in [3.05, 3.63) is 46.1 Å². The van der Waals surface area contributed by atoms with Crippen molar-refractivity contribution < 1.29 is 0 Å². The molecule has 0 bridgehead atoms. The van der Waals surface area contributed by atoms with Crippen molar-refractivity contribution in [2.45, 2.75) is 36.9 Å². The third kappa shape index (κ3) is 3.43. The predicted molar refractivity (Wildman–Crippen MR) is 101 cm³/mol. The Morgan fingerprint density at radius 1 is 1.08 bits per heavy atom. The van der Waals surface area contributed by atoms with E-state index in [1.807, 2.05) is 49.7 Å². The van der Waals surface area contributed by atoms with E-state index in [-0.39, 0.29) is 0 Å². The molecule has 0 fully saturated rings. The number of hydrogen-bond donors (Lipinski definition) is 0. The molecular weight excluding hydrogens is 368 g/mol. The number of benzene rings is 1. The van der Waals surface area contributed by atoms with Gasteiger partial charge in [0.05, 0.1) is 11.3 Å². The fourth-order valence-corrected chi connectivity index (χ4v) is 3.64. The highest BCUT2D eigenvalue weighted by Crippen LogP contribution is 2.31. The van der Waals surface area contributed by atoms with E-state index >= 15 is 0 Å². The molecule has 0 saturated heterocycles. The lowest BCUT2D eigenvalue weighted by Crippen LogP contribution is -2.05. The normalized spacial score (nSPS) is 10.7. The van der Waals surface area contributed by atoms with Crippen molar-refractivity contribution in [1.82, 2.24) is 25.0 Å². The van der Waals surface area contributed by atoms with Gasteiger partial charge >= 0.3 is 0 Å². The monoisotopic (exact) mass is 384 g/mol. The van der Waals surface area contributed by atoms with Crippen LogP contribution < -0.4 is 0 Å². The SMILES string of the molecule is CCc1nnc(Sc2nnc(-c3ccc(Cl)cc3)n2C)c(C#N)c1CC. The average Bonchev–Trinajstić information content (AvgIpc) is 3.02. The van der Waals surface area contributed by atoms with Crippen molar-refractivity contribution in [3.63, 3.8) is 0 Å². The van der Waals surface area contributed by atoms with E-state index in [1.54, 1.807) is 0 Å². The average molecular weight is 385 g/mol. The topological polar surface area (TPSA) is 80.3 Å². The molecule has 8 heteroatoms. The lowest BCUT2D eigenvalue weighted by molar-refractivity contribution is 0.781. The summed E-state index contributed by atoms with van der Waals surface area (Å²) in [6.45, 7) is 4.03. The molecule has 0 saturated carbocycles. The summed E-state index contributed by atoms with van der Waals surface area (Å²) in [5, 5.41) is 28.5. The van der Waals surface area contributed by atoms with Crippen LogP contribution in [0, 0.1) is 11.3 Å². The fraction of sp³-hybridized carbons (Fsp3) is 0.278. The van der Waals surface area contributed by atoms with E-state index in [0.717, 1.165) is 35.5 Å². The molecule has 0 unspecified atom stereocenters. The van der Waals surface area contributed by atoms with Crippen LogP contribution >= 0.6 is 23.4 Å². The van der Waals surface area contributed by atoms with Crippen LogP contribution in [0.2, 0.25) is 5.02 Å². The molecule has 0 spiro atoms. The summed E-state index contributed by atoms with van der Waals surface area (Å²) in [7, 11) is 1.88. The van der Waals surface area contributed by atoms with Gasteiger partial charge in [-0.3, -0.25) is 0 Å². The Morgan fingerprint density at radius 3 is 2.42 bits per heavy atom. The molecule has 1 aromatic carbocycles. The second-order valence-electron chi connectivity index (χ2n) is 5.60. The Labute approximate surface area is 161 Å². The molecule has 0 amide bonds. The molecule has 3 aromatic rings. The summed E-state index contributed by atoms with van der Waals surface area (Å²) in [6.07, 6.45) is 1.49. The number of hydrogen-bond acceptors (Lipinski definition) is 6. The van der Waals surface area contributed by atoms with Crippen molar-refractivity contribution in [3.8, 4) is 17.5 Å². The van der Waals surface area contributed by atoms with Gasteiger partial charge in [-0.15, -0.1) is 15.3 Å². The van der Waals surface area contributed by atoms with Crippen LogP contribution in [0.3, 0.4) is 0 Å². The second kappa shape index (κ2) is 7.85. The first-order valence-electron chi connectivity index (χ1n) is 8.20. The zero-order valence-corrected chi connectivity index (χ0v) is 16.3. The van der Waals surface area contributed by atoms with Crippen molar-refractivity contribution >= 4 is 23.4 Å². The predicted octanol–water partition coefficient (Wildman–Crippen LogP) is 4.07. The highest BCUT2D eigenvalue weighted by Gasteiger charge is 2.19. The number of halogens is 1. The van der Waals surface area contributed by atoms with Crippen molar-refractivity contribution in [1.29, 1.82) is 5.26 Å². The standard InChI is InChI=1S/C18H17ClN6S/c1-4-13-14(10-20)17(23-21-15(13)5-2)26-18-24-22-16(25(18)3)11-6-8-12(19)9-7-11/h6-9H,4-5H2,1-3H3. The van der Waals surface area contributed by atoms with Gasteiger partial charge < -0.3 is 4.57 Å². The first-order valence-corrected chi connectivity index (χ1v) is 9.40. The summed E-state index contributed by atoms with van der Waals surface area (Å²) >= 11 is 7.25. The van der Waals surface area contributed by atoms with Gasteiger partial charge in [-0.1, -0.05) is 25.4 Å². The van der Waals surface area contributed by atoms with Crippen LogP contribution in [-0.2, 0) is 19.9 Å². The molecule has 26 heavy (non-hydrogen) atoms. The van der Waals surface area contributed by atoms with Gasteiger partial charge in [0.15, 0.2) is 11.0 Å². The highest BCUT2D eigenvalue weighted by molar-refractivity contribution is 7.99. The van der Waals surface area contributed by atoms with Crippen molar-refractivity contribution in [2.75, 3.05) is 0 Å². The third-order valence-electron chi connectivity index (χ3n) is 4.05. The minimum absolute atomic E-state index is 0.555. The summed E-state index contributed by atoms with van der Waals surface area (Å²) in [5.74, 6) is 0.719. The zero-order chi connectivity index (χ0) is 18.7. The van der Waals surface area contributed by atoms with E-state index in [4.69, 9.17) is 11.6 Å². The van der Waals surface area contributed by atoms with Gasteiger partial charge in [-0.25, -0.2) is 0 Å². The van der Waals surface area contributed by atoms with Crippen LogP contribution in [0.15, 0.2) is 34.4 Å². The Kier molecular flexibility index (Phi) is 5.55. The molecule has 0 atom stereocenters.